The molecule has 0 amide bonds. The van der Waals surface area contributed by atoms with Crippen molar-refractivity contribution >= 4 is 11.6 Å². The van der Waals surface area contributed by atoms with Crippen molar-refractivity contribution in [3.05, 3.63) is 34.6 Å². The second-order valence-corrected chi connectivity index (χ2v) is 9.79. The van der Waals surface area contributed by atoms with Crippen molar-refractivity contribution in [2.75, 3.05) is 19.8 Å². The van der Waals surface area contributed by atoms with Gasteiger partial charge in [0, 0.05) is 13.2 Å². The van der Waals surface area contributed by atoms with Crippen molar-refractivity contribution in [1.29, 1.82) is 0 Å². The normalized spacial score (nSPS) is 12.4. The topological polar surface area (TPSA) is 41.5 Å². The first-order valence-electron chi connectivity index (χ1n) is 13.5. The average Bonchev–Trinajstić information content (AvgIpc) is 2.82. The molecule has 0 bridgehead atoms. The predicted molar refractivity (Wildman–Crippen MR) is 139 cm³/mol. The first kappa shape index (κ1) is 30.4. The van der Waals surface area contributed by atoms with Crippen LogP contribution in [0.15, 0.2) is 18.2 Å². The second-order valence-electron chi connectivity index (χ2n) is 9.39. The third kappa shape index (κ3) is 17.4. The van der Waals surface area contributed by atoms with E-state index in [4.69, 9.17) is 16.3 Å². The van der Waals surface area contributed by atoms with Gasteiger partial charge in [-0.15, -0.1) is 0 Å². The fourth-order valence-corrected chi connectivity index (χ4v) is 4.27. The molecular formula is C28H49ClFNO2. The third-order valence-corrected chi connectivity index (χ3v) is 6.55. The largest absolute Gasteiger partial charge is 0.395 e. The highest BCUT2D eigenvalue weighted by Gasteiger charge is 2.08. The van der Waals surface area contributed by atoms with Crippen molar-refractivity contribution in [2.45, 2.75) is 122 Å². The monoisotopic (exact) mass is 485 g/mol. The van der Waals surface area contributed by atoms with Crippen LogP contribution in [0.1, 0.15) is 115 Å². The van der Waals surface area contributed by atoms with Crippen LogP contribution in [0.2, 0.25) is 5.02 Å². The highest BCUT2D eigenvalue weighted by atomic mass is 35.5. The van der Waals surface area contributed by atoms with E-state index in [2.05, 4.69) is 12.2 Å². The minimum atomic E-state index is -0.415. The second kappa shape index (κ2) is 21.8. The summed E-state index contributed by atoms with van der Waals surface area (Å²) in [6, 6.07) is 4.53. The van der Waals surface area contributed by atoms with Crippen LogP contribution in [0.3, 0.4) is 0 Å². The predicted octanol–water partition coefficient (Wildman–Crippen LogP) is 8.21. The van der Waals surface area contributed by atoms with E-state index < -0.39 is 5.82 Å². The van der Waals surface area contributed by atoms with E-state index in [1.807, 2.05) is 0 Å². The van der Waals surface area contributed by atoms with E-state index in [1.165, 1.54) is 102 Å². The molecule has 1 atom stereocenters. The molecule has 1 aromatic carbocycles. The molecule has 0 saturated carbocycles. The Hall–Kier alpha value is -0.680. The van der Waals surface area contributed by atoms with Gasteiger partial charge in [-0.25, -0.2) is 4.39 Å². The highest BCUT2D eigenvalue weighted by Crippen LogP contribution is 2.16. The van der Waals surface area contributed by atoms with Crippen LogP contribution in [0.5, 0.6) is 0 Å². The Balaban J connectivity index is 1.85. The van der Waals surface area contributed by atoms with Gasteiger partial charge in [-0.3, -0.25) is 0 Å². The quantitative estimate of drug-likeness (QED) is 0.153. The summed E-state index contributed by atoms with van der Waals surface area (Å²) in [5.41, 5.74) is 0.887. The molecule has 0 aliphatic heterocycles. The van der Waals surface area contributed by atoms with E-state index in [0.717, 1.165) is 18.6 Å². The Morgan fingerprint density at radius 3 is 1.85 bits per heavy atom. The highest BCUT2D eigenvalue weighted by molar-refractivity contribution is 6.30. The van der Waals surface area contributed by atoms with E-state index in [1.54, 1.807) is 12.1 Å². The van der Waals surface area contributed by atoms with Gasteiger partial charge in [0.15, 0.2) is 0 Å². The number of rotatable bonds is 23. The Morgan fingerprint density at radius 2 is 1.36 bits per heavy atom. The molecule has 2 N–H and O–H groups in total. The molecule has 0 heterocycles. The SMILES string of the molecule is CCCCCCCCCCCCCCCCCCOC[C@H](CO)NCc1ccc(F)c(Cl)c1. The summed E-state index contributed by atoms with van der Waals surface area (Å²) < 4.78 is 18.9. The molecule has 1 rings (SSSR count). The standard InChI is InChI=1S/C28H49ClFNO2/c1-2-3-4-5-6-7-8-9-10-11-12-13-14-15-16-17-20-33-24-26(23-32)31-22-25-18-19-28(30)27(29)21-25/h18-19,21,26,31-32H,2-17,20,22-24H2,1H3/t26-/m0/s1. The average molecular weight is 486 g/mol. The van der Waals surface area contributed by atoms with Crippen LogP contribution in [-0.2, 0) is 11.3 Å². The number of benzene rings is 1. The first-order chi connectivity index (χ1) is 16.2. The van der Waals surface area contributed by atoms with Gasteiger partial charge in [0.05, 0.1) is 24.3 Å². The van der Waals surface area contributed by atoms with Crippen molar-refractivity contribution in [1.82, 2.24) is 5.32 Å². The van der Waals surface area contributed by atoms with Crippen LogP contribution in [0.4, 0.5) is 4.39 Å². The number of hydrogen-bond donors (Lipinski definition) is 2. The zero-order valence-corrected chi connectivity index (χ0v) is 21.8. The molecule has 33 heavy (non-hydrogen) atoms. The van der Waals surface area contributed by atoms with E-state index in [0.29, 0.717) is 13.2 Å². The van der Waals surface area contributed by atoms with Gasteiger partial charge in [-0.1, -0.05) is 121 Å². The molecule has 0 aromatic heterocycles. The molecule has 0 radical (unpaired) electrons. The fraction of sp³-hybridized carbons (Fsp3) is 0.786. The van der Waals surface area contributed by atoms with Gasteiger partial charge in [0.25, 0.3) is 0 Å². The lowest BCUT2D eigenvalue weighted by Gasteiger charge is -2.16. The zero-order valence-electron chi connectivity index (χ0n) is 21.1. The van der Waals surface area contributed by atoms with E-state index in [9.17, 15) is 9.50 Å². The van der Waals surface area contributed by atoms with Gasteiger partial charge < -0.3 is 15.2 Å². The summed E-state index contributed by atoms with van der Waals surface area (Å²) in [7, 11) is 0. The maximum Gasteiger partial charge on any atom is 0.141 e. The molecule has 0 fully saturated rings. The molecule has 0 unspecified atom stereocenters. The summed E-state index contributed by atoms with van der Waals surface area (Å²) in [5, 5.41) is 12.9. The number of hydrogen-bond acceptors (Lipinski definition) is 3. The molecule has 192 valence electrons. The number of aliphatic hydroxyl groups excluding tert-OH is 1. The minimum Gasteiger partial charge on any atom is -0.395 e. The summed E-state index contributed by atoms with van der Waals surface area (Å²) in [5.74, 6) is -0.415. The lowest BCUT2D eigenvalue weighted by Crippen LogP contribution is -2.36. The van der Waals surface area contributed by atoms with E-state index in [-0.39, 0.29) is 17.7 Å². The molecule has 0 saturated heterocycles. The van der Waals surface area contributed by atoms with Gasteiger partial charge in [0.1, 0.15) is 5.82 Å². The summed E-state index contributed by atoms with van der Waals surface area (Å²) in [4.78, 5) is 0. The summed E-state index contributed by atoms with van der Waals surface area (Å²) in [6.45, 7) is 4.02. The van der Waals surface area contributed by atoms with E-state index >= 15 is 0 Å². The van der Waals surface area contributed by atoms with Crippen LogP contribution >= 0.6 is 11.6 Å². The van der Waals surface area contributed by atoms with Crippen molar-refractivity contribution in [2.24, 2.45) is 0 Å². The molecule has 0 spiro atoms. The first-order valence-corrected chi connectivity index (χ1v) is 13.9. The van der Waals surface area contributed by atoms with Crippen LogP contribution in [-0.4, -0.2) is 31.0 Å². The molecule has 0 aliphatic carbocycles. The lowest BCUT2D eigenvalue weighted by molar-refractivity contribution is 0.0854. The van der Waals surface area contributed by atoms with Gasteiger partial charge in [-0.2, -0.15) is 0 Å². The van der Waals surface area contributed by atoms with Crippen molar-refractivity contribution in [3.8, 4) is 0 Å². The number of nitrogens with one attached hydrogen (secondary N) is 1. The number of unbranched alkanes of at least 4 members (excludes halogenated alkanes) is 15. The molecule has 5 heteroatoms. The number of halogens is 2. The Bertz CT molecular complexity index is 573. The summed E-state index contributed by atoms with van der Waals surface area (Å²) >= 11 is 5.81. The molecular weight excluding hydrogens is 437 g/mol. The van der Waals surface area contributed by atoms with Crippen molar-refractivity contribution < 1.29 is 14.2 Å². The maximum atomic E-state index is 13.2. The number of aliphatic hydroxyl groups is 1. The Kier molecular flexibility index (Phi) is 20.1. The Morgan fingerprint density at radius 1 is 0.848 bits per heavy atom. The fourth-order valence-electron chi connectivity index (χ4n) is 4.07. The molecule has 0 aliphatic rings. The van der Waals surface area contributed by atoms with Crippen molar-refractivity contribution in [3.63, 3.8) is 0 Å². The van der Waals surface area contributed by atoms with Gasteiger partial charge in [-0.05, 0) is 24.1 Å². The summed E-state index contributed by atoms with van der Waals surface area (Å²) in [6.07, 6.45) is 21.8. The van der Waals surface area contributed by atoms with Gasteiger partial charge in [0.2, 0.25) is 0 Å². The van der Waals surface area contributed by atoms with Crippen LogP contribution < -0.4 is 5.32 Å². The maximum absolute atomic E-state index is 13.2. The number of ether oxygens (including phenoxy) is 1. The van der Waals surface area contributed by atoms with Crippen LogP contribution in [0, 0.1) is 5.82 Å². The van der Waals surface area contributed by atoms with Crippen LogP contribution in [0.25, 0.3) is 0 Å². The molecule has 3 nitrogen and oxygen atoms in total. The minimum absolute atomic E-state index is 0.00782. The lowest BCUT2D eigenvalue weighted by atomic mass is 10.0. The smallest absolute Gasteiger partial charge is 0.141 e. The van der Waals surface area contributed by atoms with Gasteiger partial charge >= 0.3 is 0 Å². The Labute approximate surface area is 207 Å². The zero-order chi connectivity index (χ0) is 24.0. The third-order valence-electron chi connectivity index (χ3n) is 6.26. The molecule has 1 aromatic rings.